The zero-order valence-corrected chi connectivity index (χ0v) is 10.6. The number of rotatable bonds is 4. The van der Waals surface area contributed by atoms with Gasteiger partial charge in [0.25, 0.3) is 0 Å². The van der Waals surface area contributed by atoms with Gasteiger partial charge in [-0.3, -0.25) is 10.1 Å². The highest BCUT2D eigenvalue weighted by Gasteiger charge is 2.52. The summed E-state index contributed by atoms with van der Waals surface area (Å²) in [6, 6.07) is 0. The van der Waals surface area contributed by atoms with E-state index in [1.807, 2.05) is 0 Å². The van der Waals surface area contributed by atoms with Crippen LogP contribution in [0.5, 0.6) is 0 Å². The van der Waals surface area contributed by atoms with Gasteiger partial charge < -0.3 is 4.74 Å². The zero-order valence-electron chi connectivity index (χ0n) is 10.6. The molecule has 1 aliphatic rings. The molecule has 3 heteroatoms. The lowest BCUT2D eigenvalue weighted by Gasteiger charge is -2.48. The van der Waals surface area contributed by atoms with Gasteiger partial charge in [0.2, 0.25) is 0 Å². The van der Waals surface area contributed by atoms with E-state index in [0.29, 0.717) is 6.54 Å². The van der Waals surface area contributed by atoms with Crippen LogP contribution >= 0.6 is 0 Å². The standard InChI is InChI=1S/C13H23NO2/c1-5-10-14-13(11(15)16-4)9-7-6-8-12(13,2)3/h5,14H,1,6-10H2,2-4H3. The van der Waals surface area contributed by atoms with Crippen LogP contribution in [0.2, 0.25) is 0 Å². The molecule has 1 rings (SSSR count). The molecule has 1 N–H and O–H groups in total. The van der Waals surface area contributed by atoms with Crippen LogP contribution in [0.3, 0.4) is 0 Å². The van der Waals surface area contributed by atoms with Gasteiger partial charge in [0, 0.05) is 6.54 Å². The Hall–Kier alpha value is -0.830. The first-order valence-electron chi connectivity index (χ1n) is 5.94. The third-order valence-electron chi connectivity index (χ3n) is 3.84. The molecular formula is C13H23NO2. The highest BCUT2D eigenvalue weighted by molar-refractivity contribution is 5.82. The maximum atomic E-state index is 12.1. The molecule has 0 aromatic heterocycles. The maximum absolute atomic E-state index is 12.1. The normalized spacial score (nSPS) is 28.4. The molecule has 0 radical (unpaired) electrons. The van der Waals surface area contributed by atoms with Gasteiger partial charge in [0.15, 0.2) is 0 Å². The van der Waals surface area contributed by atoms with E-state index in [0.717, 1.165) is 19.3 Å². The van der Waals surface area contributed by atoms with Crippen LogP contribution in [0, 0.1) is 5.41 Å². The van der Waals surface area contributed by atoms with Crippen LogP contribution in [0.15, 0.2) is 12.7 Å². The van der Waals surface area contributed by atoms with Gasteiger partial charge in [-0.25, -0.2) is 0 Å². The molecular weight excluding hydrogens is 202 g/mol. The summed E-state index contributed by atoms with van der Waals surface area (Å²) in [6.07, 6.45) is 5.94. The molecule has 16 heavy (non-hydrogen) atoms. The van der Waals surface area contributed by atoms with Gasteiger partial charge in [0.1, 0.15) is 5.54 Å². The second kappa shape index (κ2) is 5.00. The van der Waals surface area contributed by atoms with Gasteiger partial charge in [-0.1, -0.05) is 32.8 Å². The lowest BCUT2D eigenvalue weighted by molar-refractivity contribution is -0.157. The largest absolute Gasteiger partial charge is 0.468 e. The van der Waals surface area contributed by atoms with E-state index in [-0.39, 0.29) is 11.4 Å². The van der Waals surface area contributed by atoms with Gasteiger partial charge in [0.05, 0.1) is 7.11 Å². The highest BCUT2D eigenvalue weighted by atomic mass is 16.5. The molecule has 1 saturated carbocycles. The van der Waals surface area contributed by atoms with E-state index >= 15 is 0 Å². The minimum atomic E-state index is -0.547. The van der Waals surface area contributed by atoms with Gasteiger partial charge in [-0.05, 0) is 18.3 Å². The van der Waals surface area contributed by atoms with Crippen molar-refractivity contribution in [3.8, 4) is 0 Å². The number of hydrogen-bond donors (Lipinski definition) is 1. The molecule has 0 amide bonds. The molecule has 0 aromatic carbocycles. The highest BCUT2D eigenvalue weighted by Crippen LogP contribution is 2.44. The van der Waals surface area contributed by atoms with Crippen molar-refractivity contribution in [3.63, 3.8) is 0 Å². The molecule has 1 unspecified atom stereocenters. The van der Waals surface area contributed by atoms with E-state index in [1.54, 1.807) is 6.08 Å². The fraction of sp³-hybridized carbons (Fsp3) is 0.769. The topological polar surface area (TPSA) is 38.3 Å². The van der Waals surface area contributed by atoms with E-state index in [9.17, 15) is 4.79 Å². The average molecular weight is 225 g/mol. The van der Waals surface area contributed by atoms with Crippen molar-refractivity contribution in [1.29, 1.82) is 0 Å². The Bertz CT molecular complexity index is 273. The summed E-state index contributed by atoms with van der Waals surface area (Å²) in [6.45, 7) is 8.61. The molecule has 1 fully saturated rings. The number of esters is 1. The van der Waals surface area contributed by atoms with Crippen molar-refractivity contribution in [2.45, 2.75) is 45.1 Å². The first-order valence-corrected chi connectivity index (χ1v) is 5.94. The molecule has 0 spiro atoms. The Morgan fingerprint density at radius 1 is 1.44 bits per heavy atom. The van der Waals surface area contributed by atoms with Crippen LogP contribution < -0.4 is 5.32 Å². The van der Waals surface area contributed by atoms with E-state index in [2.05, 4.69) is 25.7 Å². The quantitative estimate of drug-likeness (QED) is 0.589. The third-order valence-corrected chi connectivity index (χ3v) is 3.84. The fourth-order valence-electron chi connectivity index (χ4n) is 2.71. The van der Waals surface area contributed by atoms with Crippen LogP contribution in [0.1, 0.15) is 39.5 Å². The van der Waals surface area contributed by atoms with Crippen molar-refractivity contribution in [1.82, 2.24) is 5.32 Å². The van der Waals surface area contributed by atoms with Gasteiger partial charge in [-0.2, -0.15) is 0 Å². The van der Waals surface area contributed by atoms with E-state index in [1.165, 1.54) is 13.5 Å². The second-order valence-corrected chi connectivity index (χ2v) is 5.16. The van der Waals surface area contributed by atoms with Gasteiger partial charge >= 0.3 is 5.97 Å². The summed E-state index contributed by atoms with van der Waals surface area (Å²) in [7, 11) is 1.46. The van der Waals surface area contributed by atoms with Crippen molar-refractivity contribution >= 4 is 5.97 Å². The number of carbonyl (C=O) groups excluding carboxylic acids is 1. The van der Waals surface area contributed by atoms with Crippen molar-refractivity contribution in [2.75, 3.05) is 13.7 Å². The maximum Gasteiger partial charge on any atom is 0.326 e. The summed E-state index contributed by atoms with van der Waals surface area (Å²) in [5.74, 6) is -0.140. The molecule has 1 aliphatic carbocycles. The smallest absolute Gasteiger partial charge is 0.326 e. The Morgan fingerprint density at radius 2 is 2.06 bits per heavy atom. The Labute approximate surface area is 98.2 Å². The Kier molecular flexibility index (Phi) is 4.14. The summed E-state index contributed by atoms with van der Waals surface area (Å²) >= 11 is 0. The SMILES string of the molecule is C=CCNC1(C(=O)OC)CCCCC1(C)C. The molecule has 0 heterocycles. The Balaban J connectivity index is 2.99. The minimum absolute atomic E-state index is 0.0681. The van der Waals surface area contributed by atoms with Crippen molar-refractivity contribution in [3.05, 3.63) is 12.7 Å². The summed E-state index contributed by atoms with van der Waals surface area (Å²) in [5, 5.41) is 3.33. The zero-order chi connectivity index (χ0) is 12.2. The van der Waals surface area contributed by atoms with E-state index in [4.69, 9.17) is 4.74 Å². The van der Waals surface area contributed by atoms with Crippen LogP contribution in [0.4, 0.5) is 0 Å². The predicted molar refractivity (Wildman–Crippen MR) is 65.2 cm³/mol. The van der Waals surface area contributed by atoms with Crippen molar-refractivity contribution in [2.24, 2.45) is 5.41 Å². The number of ether oxygens (including phenoxy) is 1. The molecule has 0 aromatic rings. The average Bonchev–Trinajstić information content (AvgIpc) is 2.26. The molecule has 1 atom stereocenters. The van der Waals surface area contributed by atoms with Crippen LogP contribution in [0.25, 0.3) is 0 Å². The first kappa shape index (κ1) is 13.2. The number of methoxy groups -OCH3 is 1. The minimum Gasteiger partial charge on any atom is -0.468 e. The van der Waals surface area contributed by atoms with Crippen molar-refractivity contribution < 1.29 is 9.53 Å². The van der Waals surface area contributed by atoms with Crippen LogP contribution in [-0.4, -0.2) is 25.2 Å². The Morgan fingerprint density at radius 3 is 2.56 bits per heavy atom. The number of nitrogens with one attached hydrogen (secondary N) is 1. The summed E-state index contributed by atoms with van der Waals surface area (Å²) in [4.78, 5) is 12.1. The monoisotopic (exact) mass is 225 g/mol. The van der Waals surface area contributed by atoms with Crippen LogP contribution in [-0.2, 0) is 9.53 Å². The molecule has 92 valence electrons. The lowest BCUT2D eigenvalue weighted by Crippen LogP contribution is -2.63. The predicted octanol–water partition coefficient (Wildman–Crippen LogP) is 2.27. The summed E-state index contributed by atoms with van der Waals surface area (Å²) in [5.41, 5.74) is -0.616. The fourth-order valence-corrected chi connectivity index (χ4v) is 2.71. The molecule has 3 nitrogen and oxygen atoms in total. The number of hydrogen-bond acceptors (Lipinski definition) is 3. The van der Waals surface area contributed by atoms with Gasteiger partial charge in [-0.15, -0.1) is 6.58 Å². The molecule has 0 saturated heterocycles. The third kappa shape index (κ3) is 2.14. The molecule has 0 aliphatic heterocycles. The number of carbonyl (C=O) groups is 1. The lowest BCUT2D eigenvalue weighted by atomic mass is 9.63. The second-order valence-electron chi connectivity index (χ2n) is 5.16. The first-order chi connectivity index (χ1) is 7.50. The summed E-state index contributed by atoms with van der Waals surface area (Å²) < 4.78 is 4.99. The molecule has 0 bridgehead atoms. The van der Waals surface area contributed by atoms with E-state index < -0.39 is 5.54 Å².